The van der Waals surface area contributed by atoms with Crippen molar-refractivity contribution >= 4 is 22.7 Å². The van der Waals surface area contributed by atoms with Gasteiger partial charge in [0.1, 0.15) is 24.1 Å². The van der Waals surface area contributed by atoms with Crippen molar-refractivity contribution in [2.24, 2.45) is 0 Å². The highest BCUT2D eigenvalue weighted by molar-refractivity contribution is 5.97. The molecule has 0 radical (unpaired) electrons. The summed E-state index contributed by atoms with van der Waals surface area (Å²) in [6.07, 6.45) is 0.482. The minimum absolute atomic E-state index is 0.0279. The summed E-state index contributed by atoms with van der Waals surface area (Å²) in [4.78, 5) is 34.6. The summed E-state index contributed by atoms with van der Waals surface area (Å²) in [6, 6.07) is 22.5. The van der Waals surface area contributed by atoms with Gasteiger partial charge in [-0.1, -0.05) is 42.5 Å². The molecule has 2 amide bonds. The first kappa shape index (κ1) is 22.2. The number of methoxy groups -OCH3 is 2. The normalized spacial score (nSPS) is 19.3. The number of piperazine rings is 1. The lowest BCUT2D eigenvalue weighted by atomic mass is 9.86. The second-order valence-electron chi connectivity index (χ2n) is 9.30. The van der Waals surface area contributed by atoms with Crippen LogP contribution in [-0.4, -0.2) is 53.4 Å². The number of aromatic nitrogens is 1. The van der Waals surface area contributed by atoms with Gasteiger partial charge in [0.15, 0.2) is 0 Å². The highest BCUT2D eigenvalue weighted by atomic mass is 16.5. The summed E-state index contributed by atoms with van der Waals surface area (Å²) in [5.74, 6) is 1.42. The number of ether oxygens (including phenoxy) is 2. The molecular weight excluding hydrogens is 454 g/mol. The first-order valence-corrected chi connectivity index (χ1v) is 12.0. The number of benzene rings is 3. The molecule has 6 rings (SSSR count). The van der Waals surface area contributed by atoms with Crippen molar-refractivity contribution in [1.82, 2.24) is 14.8 Å². The first-order valence-electron chi connectivity index (χ1n) is 12.0. The predicted molar refractivity (Wildman–Crippen MR) is 136 cm³/mol. The minimum atomic E-state index is -0.566. The van der Waals surface area contributed by atoms with E-state index in [1.165, 1.54) is 0 Å². The third-order valence-corrected chi connectivity index (χ3v) is 7.31. The molecule has 1 fully saturated rings. The van der Waals surface area contributed by atoms with Crippen LogP contribution in [0.1, 0.15) is 28.4 Å². The summed E-state index contributed by atoms with van der Waals surface area (Å²) in [5.41, 5.74) is 4.98. The van der Waals surface area contributed by atoms with E-state index in [0.717, 1.165) is 44.8 Å². The average Bonchev–Trinajstić information content (AvgIpc) is 3.29. The SMILES string of the molecule is COc1ccc(CN2CC(=O)N3C(c4ccc(OC)cc4)c4[nH]c5ccccc5c4C[C@@H]3C2=O)cc1. The molecule has 0 bridgehead atoms. The molecule has 0 saturated carbocycles. The van der Waals surface area contributed by atoms with Gasteiger partial charge in [0, 0.05) is 29.6 Å². The Morgan fingerprint density at radius 3 is 2.25 bits per heavy atom. The number of rotatable bonds is 5. The number of carbonyl (C=O) groups excluding carboxylic acids is 2. The van der Waals surface area contributed by atoms with E-state index in [-0.39, 0.29) is 24.4 Å². The highest BCUT2D eigenvalue weighted by Gasteiger charge is 2.48. The number of carbonyl (C=O) groups is 2. The fraction of sp³-hybridized carbons (Fsp3) is 0.241. The van der Waals surface area contributed by atoms with Crippen LogP contribution < -0.4 is 9.47 Å². The molecule has 1 N–H and O–H groups in total. The molecule has 7 heteroatoms. The quantitative estimate of drug-likeness (QED) is 0.466. The molecule has 3 heterocycles. The van der Waals surface area contributed by atoms with Crippen molar-refractivity contribution < 1.29 is 19.1 Å². The molecule has 7 nitrogen and oxygen atoms in total. The summed E-state index contributed by atoms with van der Waals surface area (Å²) < 4.78 is 10.6. The maximum atomic E-state index is 13.9. The van der Waals surface area contributed by atoms with Crippen LogP contribution in [0.4, 0.5) is 0 Å². The van der Waals surface area contributed by atoms with Gasteiger partial charge in [0.2, 0.25) is 11.8 Å². The molecule has 36 heavy (non-hydrogen) atoms. The molecule has 2 aliphatic rings. The number of aromatic amines is 1. The van der Waals surface area contributed by atoms with Gasteiger partial charge in [-0.05, 0) is 47.0 Å². The summed E-state index contributed by atoms with van der Waals surface area (Å²) in [6.45, 7) is 0.427. The van der Waals surface area contributed by atoms with Crippen LogP contribution in [-0.2, 0) is 22.6 Å². The van der Waals surface area contributed by atoms with Crippen LogP contribution in [0.25, 0.3) is 10.9 Å². The zero-order chi connectivity index (χ0) is 24.8. The smallest absolute Gasteiger partial charge is 0.246 e. The molecular formula is C29H27N3O4. The zero-order valence-corrected chi connectivity index (χ0v) is 20.2. The lowest BCUT2D eigenvalue weighted by Crippen LogP contribution is -2.62. The van der Waals surface area contributed by atoms with Gasteiger partial charge in [0.25, 0.3) is 0 Å². The largest absolute Gasteiger partial charge is 0.497 e. The number of hydrogen-bond donors (Lipinski definition) is 1. The Kier molecular flexibility index (Phi) is 5.40. The maximum Gasteiger partial charge on any atom is 0.246 e. The van der Waals surface area contributed by atoms with E-state index >= 15 is 0 Å². The molecule has 1 saturated heterocycles. The highest BCUT2D eigenvalue weighted by Crippen LogP contribution is 2.43. The molecule has 2 aliphatic heterocycles. The van der Waals surface area contributed by atoms with Gasteiger partial charge in [-0.2, -0.15) is 0 Å². The van der Waals surface area contributed by atoms with Crippen molar-refractivity contribution in [3.8, 4) is 11.5 Å². The lowest BCUT2D eigenvalue weighted by molar-refractivity contribution is -0.159. The number of para-hydroxylation sites is 1. The number of H-pyrrole nitrogens is 1. The number of nitrogens with zero attached hydrogens (tertiary/aromatic N) is 2. The second kappa shape index (κ2) is 8.75. The van der Waals surface area contributed by atoms with Crippen LogP contribution >= 0.6 is 0 Å². The van der Waals surface area contributed by atoms with Crippen LogP contribution in [0.15, 0.2) is 72.8 Å². The van der Waals surface area contributed by atoms with Gasteiger partial charge in [0.05, 0.1) is 20.3 Å². The number of fused-ring (bicyclic) bond motifs is 4. The molecule has 0 spiro atoms. The van der Waals surface area contributed by atoms with Gasteiger partial charge in [-0.3, -0.25) is 9.59 Å². The Balaban J connectivity index is 1.41. The topological polar surface area (TPSA) is 74.9 Å². The van der Waals surface area contributed by atoms with Crippen LogP contribution in [0.3, 0.4) is 0 Å². The Morgan fingerprint density at radius 1 is 0.889 bits per heavy atom. The van der Waals surface area contributed by atoms with Crippen LogP contribution in [0.2, 0.25) is 0 Å². The van der Waals surface area contributed by atoms with Crippen molar-refractivity contribution in [1.29, 1.82) is 0 Å². The third kappa shape index (κ3) is 3.59. The van der Waals surface area contributed by atoms with E-state index in [1.807, 2.05) is 66.7 Å². The molecule has 2 atom stereocenters. The van der Waals surface area contributed by atoms with Crippen molar-refractivity contribution in [2.45, 2.75) is 25.0 Å². The van der Waals surface area contributed by atoms with E-state index in [0.29, 0.717) is 13.0 Å². The Labute approximate surface area is 209 Å². The second-order valence-corrected chi connectivity index (χ2v) is 9.30. The lowest BCUT2D eigenvalue weighted by Gasteiger charge is -2.47. The fourth-order valence-electron chi connectivity index (χ4n) is 5.54. The van der Waals surface area contributed by atoms with Gasteiger partial charge in [-0.15, -0.1) is 0 Å². The van der Waals surface area contributed by atoms with E-state index in [2.05, 4.69) is 11.1 Å². The van der Waals surface area contributed by atoms with Crippen molar-refractivity contribution in [3.63, 3.8) is 0 Å². The van der Waals surface area contributed by atoms with E-state index in [9.17, 15) is 9.59 Å². The van der Waals surface area contributed by atoms with E-state index < -0.39 is 6.04 Å². The van der Waals surface area contributed by atoms with Gasteiger partial charge in [-0.25, -0.2) is 0 Å². The average molecular weight is 482 g/mol. The number of nitrogens with one attached hydrogen (secondary N) is 1. The molecule has 3 aromatic carbocycles. The van der Waals surface area contributed by atoms with Crippen LogP contribution in [0, 0.1) is 0 Å². The van der Waals surface area contributed by atoms with Gasteiger partial charge >= 0.3 is 0 Å². The number of amides is 2. The molecule has 0 aliphatic carbocycles. The fourth-order valence-corrected chi connectivity index (χ4v) is 5.54. The predicted octanol–water partition coefficient (Wildman–Crippen LogP) is 4.07. The van der Waals surface area contributed by atoms with E-state index in [4.69, 9.17) is 9.47 Å². The molecule has 182 valence electrons. The van der Waals surface area contributed by atoms with E-state index in [1.54, 1.807) is 24.0 Å². The molecule has 1 aromatic heterocycles. The monoisotopic (exact) mass is 481 g/mol. The zero-order valence-electron chi connectivity index (χ0n) is 20.2. The Bertz CT molecular complexity index is 1440. The standard InChI is InChI=1S/C29H27N3O4/c1-35-20-11-7-18(8-12-20)16-31-17-26(33)32-25(29(31)34)15-23-22-5-3-4-6-24(22)30-27(23)28(32)19-9-13-21(36-2)14-10-19/h3-14,25,28,30H,15-17H2,1-2H3/t25-,28?/m1/s1. The first-order chi connectivity index (χ1) is 17.6. The van der Waals surface area contributed by atoms with Crippen molar-refractivity contribution in [2.75, 3.05) is 20.8 Å². The maximum absolute atomic E-state index is 13.9. The Hall–Kier alpha value is -4.26. The molecule has 1 unspecified atom stereocenters. The third-order valence-electron chi connectivity index (χ3n) is 7.31. The summed E-state index contributed by atoms with van der Waals surface area (Å²) in [7, 11) is 3.25. The minimum Gasteiger partial charge on any atom is -0.497 e. The molecule has 4 aromatic rings. The summed E-state index contributed by atoms with van der Waals surface area (Å²) in [5, 5.41) is 1.10. The van der Waals surface area contributed by atoms with Crippen molar-refractivity contribution in [3.05, 3.63) is 95.2 Å². The number of hydrogen-bond acceptors (Lipinski definition) is 4. The van der Waals surface area contributed by atoms with Crippen LogP contribution in [0.5, 0.6) is 11.5 Å². The summed E-state index contributed by atoms with van der Waals surface area (Å²) >= 11 is 0. The Morgan fingerprint density at radius 2 is 1.56 bits per heavy atom. The van der Waals surface area contributed by atoms with Gasteiger partial charge < -0.3 is 24.3 Å².